The van der Waals surface area contributed by atoms with Gasteiger partial charge < -0.3 is 15.4 Å². The number of benzene rings is 1. The summed E-state index contributed by atoms with van der Waals surface area (Å²) in [7, 11) is 1.73. The second-order valence-corrected chi connectivity index (χ2v) is 5.48. The number of nitrogens with two attached hydrogens (primary N) is 1. The first kappa shape index (κ1) is 16.3. The highest BCUT2D eigenvalue weighted by molar-refractivity contribution is 6.30. The van der Waals surface area contributed by atoms with Crippen molar-refractivity contribution >= 4 is 17.3 Å². The molecule has 19 heavy (non-hydrogen) atoms. The number of nitrogens with zero attached hydrogens (tertiary/aromatic N) is 1. The minimum Gasteiger partial charge on any atom is -0.383 e. The number of halogens is 1. The standard InChI is InChI=1S/C15H25ClN2O/c1-5-18(12(3)10-19-4)15-7-6-14(16)9-13(15)8-11(2)17/h6-7,9,11-12H,5,8,10,17H2,1-4H3. The van der Waals surface area contributed by atoms with Crippen LogP contribution in [0.25, 0.3) is 0 Å². The largest absolute Gasteiger partial charge is 0.383 e. The normalized spacial score (nSPS) is 14.2. The van der Waals surface area contributed by atoms with Gasteiger partial charge in [0.05, 0.1) is 6.61 Å². The molecule has 1 aromatic carbocycles. The molecule has 4 heteroatoms. The molecule has 0 aliphatic carbocycles. The van der Waals surface area contributed by atoms with Gasteiger partial charge in [-0.3, -0.25) is 0 Å². The predicted molar refractivity (Wildman–Crippen MR) is 83.2 cm³/mol. The number of ether oxygens (including phenoxy) is 1. The summed E-state index contributed by atoms with van der Waals surface area (Å²) >= 11 is 6.10. The molecule has 0 amide bonds. The van der Waals surface area contributed by atoms with E-state index in [0.717, 1.165) is 18.0 Å². The molecule has 0 aromatic heterocycles. The van der Waals surface area contributed by atoms with E-state index in [-0.39, 0.29) is 6.04 Å². The highest BCUT2D eigenvalue weighted by Gasteiger charge is 2.16. The summed E-state index contributed by atoms with van der Waals surface area (Å²) in [6.07, 6.45) is 0.825. The lowest BCUT2D eigenvalue weighted by atomic mass is 10.0. The zero-order valence-corrected chi connectivity index (χ0v) is 13.1. The fourth-order valence-corrected chi connectivity index (χ4v) is 2.59. The lowest BCUT2D eigenvalue weighted by molar-refractivity contribution is 0.182. The van der Waals surface area contributed by atoms with E-state index in [1.807, 2.05) is 19.1 Å². The quantitative estimate of drug-likeness (QED) is 0.836. The molecule has 0 radical (unpaired) electrons. The van der Waals surface area contributed by atoms with Crippen LogP contribution in [0, 0.1) is 0 Å². The van der Waals surface area contributed by atoms with Crippen molar-refractivity contribution in [1.29, 1.82) is 0 Å². The summed E-state index contributed by atoms with van der Waals surface area (Å²) in [5.41, 5.74) is 8.34. The van der Waals surface area contributed by atoms with Gasteiger partial charge >= 0.3 is 0 Å². The number of methoxy groups -OCH3 is 1. The van der Waals surface area contributed by atoms with E-state index in [1.165, 1.54) is 11.3 Å². The van der Waals surface area contributed by atoms with Crippen LogP contribution in [0.2, 0.25) is 5.02 Å². The van der Waals surface area contributed by atoms with Crippen molar-refractivity contribution in [3.63, 3.8) is 0 Å². The monoisotopic (exact) mass is 284 g/mol. The molecule has 2 atom stereocenters. The van der Waals surface area contributed by atoms with Gasteiger partial charge in [-0.05, 0) is 51.0 Å². The van der Waals surface area contributed by atoms with Gasteiger partial charge in [0.1, 0.15) is 0 Å². The first-order chi connectivity index (χ1) is 8.99. The van der Waals surface area contributed by atoms with Gasteiger partial charge in [0.2, 0.25) is 0 Å². The van der Waals surface area contributed by atoms with Crippen LogP contribution in [-0.2, 0) is 11.2 Å². The van der Waals surface area contributed by atoms with Gasteiger partial charge in [-0.2, -0.15) is 0 Å². The van der Waals surface area contributed by atoms with Gasteiger partial charge in [0, 0.05) is 36.4 Å². The Labute approximate surface area is 121 Å². The maximum atomic E-state index is 6.10. The van der Waals surface area contributed by atoms with Crippen LogP contribution in [0.15, 0.2) is 18.2 Å². The molecule has 0 saturated heterocycles. The minimum absolute atomic E-state index is 0.119. The molecule has 108 valence electrons. The molecular weight excluding hydrogens is 260 g/mol. The number of hydrogen-bond donors (Lipinski definition) is 1. The van der Waals surface area contributed by atoms with E-state index in [2.05, 4.69) is 24.8 Å². The molecule has 1 rings (SSSR count). The summed E-state index contributed by atoms with van der Waals surface area (Å²) < 4.78 is 5.26. The Bertz CT molecular complexity index is 396. The zero-order chi connectivity index (χ0) is 14.4. The molecule has 0 bridgehead atoms. The van der Waals surface area contributed by atoms with Gasteiger partial charge in [-0.25, -0.2) is 0 Å². The third-order valence-corrected chi connectivity index (χ3v) is 3.41. The molecule has 0 spiro atoms. The van der Waals surface area contributed by atoms with Crippen LogP contribution in [-0.4, -0.2) is 32.3 Å². The van der Waals surface area contributed by atoms with Crippen LogP contribution in [0.4, 0.5) is 5.69 Å². The van der Waals surface area contributed by atoms with Gasteiger partial charge in [-0.15, -0.1) is 0 Å². The van der Waals surface area contributed by atoms with E-state index < -0.39 is 0 Å². The van der Waals surface area contributed by atoms with Crippen molar-refractivity contribution in [3.8, 4) is 0 Å². The van der Waals surface area contributed by atoms with Crippen LogP contribution in [0.1, 0.15) is 26.3 Å². The fourth-order valence-electron chi connectivity index (χ4n) is 2.40. The highest BCUT2D eigenvalue weighted by Crippen LogP contribution is 2.27. The molecule has 1 aromatic rings. The number of likely N-dealkylation sites (N-methyl/N-ethyl adjacent to an activating group) is 1. The third kappa shape index (κ3) is 4.68. The summed E-state index contributed by atoms with van der Waals surface area (Å²) in [4.78, 5) is 2.33. The van der Waals surface area contributed by atoms with Crippen molar-refractivity contribution in [1.82, 2.24) is 0 Å². The minimum atomic E-state index is 0.119. The van der Waals surface area contributed by atoms with E-state index >= 15 is 0 Å². The third-order valence-electron chi connectivity index (χ3n) is 3.17. The Balaban J connectivity index is 3.07. The van der Waals surface area contributed by atoms with Crippen molar-refractivity contribution in [2.24, 2.45) is 5.73 Å². The van der Waals surface area contributed by atoms with Gasteiger partial charge in [-0.1, -0.05) is 11.6 Å². The van der Waals surface area contributed by atoms with E-state index in [0.29, 0.717) is 12.6 Å². The molecule has 2 unspecified atom stereocenters. The van der Waals surface area contributed by atoms with Crippen molar-refractivity contribution in [3.05, 3.63) is 28.8 Å². The second-order valence-electron chi connectivity index (χ2n) is 5.04. The Morgan fingerprint density at radius 2 is 2.05 bits per heavy atom. The second kappa shape index (κ2) is 7.73. The van der Waals surface area contributed by atoms with Gasteiger partial charge in [0.25, 0.3) is 0 Å². The Morgan fingerprint density at radius 3 is 2.58 bits per heavy atom. The lowest BCUT2D eigenvalue weighted by Crippen LogP contribution is -2.37. The summed E-state index contributed by atoms with van der Waals surface area (Å²) in [5.74, 6) is 0. The van der Waals surface area contributed by atoms with Crippen LogP contribution in [0.3, 0.4) is 0 Å². The molecule has 3 nitrogen and oxygen atoms in total. The van der Waals surface area contributed by atoms with E-state index in [4.69, 9.17) is 22.1 Å². The smallest absolute Gasteiger partial charge is 0.0663 e. The molecule has 0 aliphatic rings. The Morgan fingerprint density at radius 1 is 1.37 bits per heavy atom. The topological polar surface area (TPSA) is 38.5 Å². The molecular formula is C15H25ClN2O. The summed E-state index contributed by atoms with van der Waals surface area (Å²) in [6.45, 7) is 7.96. The lowest BCUT2D eigenvalue weighted by Gasteiger charge is -2.32. The van der Waals surface area contributed by atoms with Crippen LogP contribution < -0.4 is 10.6 Å². The zero-order valence-electron chi connectivity index (χ0n) is 12.3. The maximum absolute atomic E-state index is 6.10. The van der Waals surface area contributed by atoms with Crippen LogP contribution in [0.5, 0.6) is 0 Å². The highest BCUT2D eigenvalue weighted by atomic mass is 35.5. The molecule has 0 saturated carbocycles. The van der Waals surface area contributed by atoms with Crippen molar-refractivity contribution < 1.29 is 4.74 Å². The summed E-state index contributed by atoms with van der Waals surface area (Å²) in [5, 5.41) is 0.759. The predicted octanol–water partition coefficient (Wildman–Crippen LogP) is 3.09. The van der Waals surface area contributed by atoms with Gasteiger partial charge in [0.15, 0.2) is 0 Å². The maximum Gasteiger partial charge on any atom is 0.0663 e. The molecule has 2 N–H and O–H groups in total. The molecule has 0 heterocycles. The number of rotatable bonds is 7. The fraction of sp³-hybridized carbons (Fsp3) is 0.600. The molecule has 0 fully saturated rings. The Hall–Kier alpha value is -0.770. The first-order valence-corrected chi connectivity index (χ1v) is 7.17. The number of anilines is 1. The first-order valence-electron chi connectivity index (χ1n) is 6.79. The SMILES string of the molecule is CCN(c1ccc(Cl)cc1CC(C)N)C(C)COC. The Kier molecular flexibility index (Phi) is 6.63. The van der Waals surface area contributed by atoms with E-state index in [1.54, 1.807) is 7.11 Å². The van der Waals surface area contributed by atoms with E-state index in [9.17, 15) is 0 Å². The summed E-state index contributed by atoms with van der Waals surface area (Å²) in [6, 6.07) is 6.47. The number of hydrogen-bond acceptors (Lipinski definition) is 3. The average molecular weight is 285 g/mol. The van der Waals surface area contributed by atoms with Crippen molar-refractivity contribution in [2.45, 2.75) is 39.3 Å². The van der Waals surface area contributed by atoms with Crippen LogP contribution >= 0.6 is 11.6 Å². The van der Waals surface area contributed by atoms with Crippen molar-refractivity contribution in [2.75, 3.05) is 25.2 Å². The molecule has 0 aliphatic heterocycles. The average Bonchev–Trinajstić information content (AvgIpc) is 2.32.